The maximum atomic E-state index is 12.7. The van der Waals surface area contributed by atoms with Crippen molar-refractivity contribution in [1.29, 1.82) is 0 Å². The smallest absolute Gasteiger partial charge is 0.326 e. The minimum Gasteiger partial charge on any atom is -0.480 e. The van der Waals surface area contributed by atoms with Crippen LogP contribution in [0.3, 0.4) is 0 Å². The van der Waals surface area contributed by atoms with Gasteiger partial charge in [0.1, 0.15) is 11.9 Å². The molecule has 1 amide bonds. The average Bonchev–Trinajstić information content (AvgIpc) is 2.45. The number of hydrogen-bond acceptors (Lipinski definition) is 2. The number of amides is 1. The molecule has 0 aliphatic carbocycles. The molecular weight excluding hydrogens is 273 g/mol. The second-order valence-electron chi connectivity index (χ2n) is 5.25. The van der Waals surface area contributed by atoms with Crippen LogP contribution in [-0.4, -0.2) is 23.0 Å². The van der Waals surface area contributed by atoms with Crippen molar-refractivity contribution in [2.45, 2.75) is 45.6 Å². The summed E-state index contributed by atoms with van der Waals surface area (Å²) in [5.74, 6) is -1.65. The van der Waals surface area contributed by atoms with Crippen LogP contribution in [-0.2, 0) is 16.0 Å². The van der Waals surface area contributed by atoms with E-state index in [4.69, 9.17) is 5.11 Å². The van der Waals surface area contributed by atoms with Crippen LogP contribution in [0, 0.1) is 11.7 Å². The predicted molar refractivity (Wildman–Crippen MR) is 78.4 cm³/mol. The highest BCUT2D eigenvalue weighted by Gasteiger charge is 2.24. The van der Waals surface area contributed by atoms with E-state index in [9.17, 15) is 14.0 Å². The third kappa shape index (κ3) is 5.94. The maximum absolute atomic E-state index is 12.7. The van der Waals surface area contributed by atoms with Gasteiger partial charge in [-0.1, -0.05) is 32.4 Å². The summed E-state index contributed by atoms with van der Waals surface area (Å²) < 4.78 is 12.7. The van der Waals surface area contributed by atoms with E-state index < -0.39 is 12.0 Å². The lowest BCUT2D eigenvalue weighted by molar-refractivity contribution is -0.143. The summed E-state index contributed by atoms with van der Waals surface area (Å²) in [5, 5.41) is 11.7. The van der Waals surface area contributed by atoms with Crippen LogP contribution in [0.4, 0.5) is 4.39 Å². The zero-order valence-corrected chi connectivity index (χ0v) is 12.4. The normalized spacial score (nSPS) is 13.5. The van der Waals surface area contributed by atoms with Crippen molar-refractivity contribution in [3.63, 3.8) is 0 Å². The third-order valence-corrected chi connectivity index (χ3v) is 3.58. The van der Waals surface area contributed by atoms with Gasteiger partial charge in [-0.15, -0.1) is 0 Å². The molecule has 0 spiro atoms. The largest absolute Gasteiger partial charge is 0.480 e. The topological polar surface area (TPSA) is 66.4 Å². The summed E-state index contributed by atoms with van der Waals surface area (Å²) in [5.41, 5.74) is 0.959. The van der Waals surface area contributed by atoms with Gasteiger partial charge in [0.2, 0.25) is 5.91 Å². The van der Waals surface area contributed by atoms with Crippen LogP contribution in [0.2, 0.25) is 0 Å². The van der Waals surface area contributed by atoms with Crippen molar-refractivity contribution in [3.8, 4) is 0 Å². The molecule has 0 aromatic heterocycles. The maximum Gasteiger partial charge on any atom is 0.326 e. The second kappa shape index (κ2) is 8.39. The van der Waals surface area contributed by atoms with Gasteiger partial charge >= 0.3 is 5.97 Å². The molecule has 4 nitrogen and oxygen atoms in total. The van der Waals surface area contributed by atoms with E-state index in [2.05, 4.69) is 5.32 Å². The number of aliphatic carboxylic acids is 1. The highest BCUT2D eigenvalue weighted by molar-refractivity contribution is 5.83. The van der Waals surface area contributed by atoms with Crippen molar-refractivity contribution in [1.82, 2.24) is 5.32 Å². The molecule has 0 bridgehead atoms. The predicted octanol–water partition coefficient (Wildman–Crippen LogP) is 2.76. The van der Waals surface area contributed by atoms with Gasteiger partial charge in [-0.2, -0.15) is 0 Å². The summed E-state index contributed by atoms with van der Waals surface area (Å²) in [7, 11) is 0. The quantitative estimate of drug-likeness (QED) is 0.775. The molecule has 5 heteroatoms. The molecule has 116 valence electrons. The molecule has 2 unspecified atom stereocenters. The molecule has 0 radical (unpaired) electrons. The van der Waals surface area contributed by atoms with E-state index in [-0.39, 0.29) is 24.1 Å². The zero-order chi connectivity index (χ0) is 15.8. The number of hydrogen-bond donors (Lipinski definition) is 2. The van der Waals surface area contributed by atoms with Crippen LogP contribution in [0.25, 0.3) is 0 Å². The van der Waals surface area contributed by atoms with Crippen molar-refractivity contribution in [2.24, 2.45) is 5.92 Å². The Morgan fingerprint density at radius 1 is 1.29 bits per heavy atom. The SMILES string of the molecule is CCC(C)C(NC(=O)CCCc1ccc(F)cc1)C(=O)O. The first-order valence-corrected chi connectivity index (χ1v) is 7.20. The monoisotopic (exact) mass is 295 g/mol. The Bertz CT molecular complexity index is 473. The molecule has 0 aliphatic rings. The Kier molecular flexibility index (Phi) is 6.85. The van der Waals surface area contributed by atoms with Gasteiger partial charge in [0.05, 0.1) is 0 Å². The van der Waals surface area contributed by atoms with E-state index in [1.165, 1.54) is 12.1 Å². The Hall–Kier alpha value is -1.91. The van der Waals surface area contributed by atoms with Crippen molar-refractivity contribution >= 4 is 11.9 Å². The number of carboxylic acids is 1. The third-order valence-electron chi connectivity index (χ3n) is 3.58. The molecular formula is C16H22FNO3. The van der Waals surface area contributed by atoms with Crippen LogP contribution in [0.1, 0.15) is 38.7 Å². The van der Waals surface area contributed by atoms with E-state index in [1.54, 1.807) is 19.1 Å². The lowest BCUT2D eigenvalue weighted by atomic mass is 9.99. The van der Waals surface area contributed by atoms with Crippen molar-refractivity contribution in [2.75, 3.05) is 0 Å². The highest BCUT2D eigenvalue weighted by atomic mass is 19.1. The van der Waals surface area contributed by atoms with E-state index in [1.807, 2.05) is 6.92 Å². The fraction of sp³-hybridized carbons (Fsp3) is 0.500. The van der Waals surface area contributed by atoms with Crippen LogP contribution < -0.4 is 5.32 Å². The lowest BCUT2D eigenvalue weighted by Gasteiger charge is -2.20. The molecule has 0 saturated heterocycles. The number of nitrogens with one attached hydrogen (secondary N) is 1. The highest BCUT2D eigenvalue weighted by Crippen LogP contribution is 2.10. The Morgan fingerprint density at radius 3 is 2.43 bits per heavy atom. The number of rotatable bonds is 8. The first kappa shape index (κ1) is 17.1. The molecule has 2 atom stereocenters. The number of halogens is 1. The van der Waals surface area contributed by atoms with Crippen LogP contribution in [0.5, 0.6) is 0 Å². The lowest BCUT2D eigenvalue weighted by Crippen LogP contribution is -2.44. The zero-order valence-electron chi connectivity index (χ0n) is 12.4. The van der Waals surface area contributed by atoms with E-state index in [0.29, 0.717) is 19.3 Å². The molecule has 0 aliphatic heterocycles. The first-order chi connectivity index (χ1) is 9.93. The number of benzene rings is 1. The van der Waals surface area contributed by atoms with Gasteiger partial charge in [0.15, 0.2) is 0 Å². The fourth-order valence-electron chi connectivity index (χ4n) is 2.03. The minimum atomic E-state index is -1.00. The summed E-state index contributed by atoms with van der Waals surface area (Å²) in [6.45, 7) is 3.69. The number of carboxylic acid groups (broad SMARTS) is 1. The Labute approximate surface area is 124 Å². The fourth-order valence-corrected chi connectivity index (χ4v) is 2.03. The Balaban J connectivity index is 2.39. The van der Waals surface area contributed by atoms with Crippen LogP contribution >= 0.6 is 0 Å². The van der Waals surface area contributed by atoms with E-state index >= 15 is 0 Å². The number of aryl methyl sites for hydroxylation is 1. The summed E-state index contributed by atoms with van der Waals surface area (Å²) >= 11 is 0. The summed E-state index contributed by atoms with van der Waals surface area (Å²) in [4.78, 5) is 22.9. The molecule has 2 N–H and O–H groups in total. The van der Waals surface area contributed by atoms with Gasteiger partial charge in [-0.25, -0.2) is 9.18 Å². The minimum absolute atomic E-state index is 0.108. The second-order valence-corrected chi connectivity index (χ2v) is 5.25. The Morgan fingerprint density at radius 2 is 1.90 bits per heavy atom. The number of carbonyl (C=O) groups excluding carboxylic acids is 1. The molecule has 1 rings (SSSR count). The van der Waals surface area contributed by atoms with Gasteiger partial charge in [-0.3, -0.25) is 4.79 Å². The molecule has 1 aromatic carbocycles. The van der Waals surface area contributed by atoms with Crippen LogP contribution in [0.15, 0.2) is 24.3 Å². The number of carbonyl (C=O) groups is 2. The standard InChI is InChI=1S/C16H22FNO3/c1-3-11(2)15(16(20)21)18-14(19)6-4-5-12-7-9-13(17)10-8-12/h7-11,15H,3-6H2,1-2H3,(H,18,19)(H,20,21). The van der Waals surface area contributed by atoms with Gasteiger partial charge in [-0.05, 0) is 36.5 Å². The summed E-state index contributed by atoms with van der Waals surface area (Å²) in [6.07, 6.45) is 2.21. The van der Waals surface area contributed by atoms with Gasteiger partial charge in [0, 0.05) is 6.42 Å². The van der Waals surface area contributed by atoms with Crippen molar-refractivity contribution in [3.05, 3.63) is 35.6 Å². The molecule has 0 heterocycles. The molecule has 0 saturated carbocycles. The molecule has 1 aromatic rings. The first-order valence-electron chi connectivity index (χ1n) is 7.20. The van der Waals surface area contributed by atoms with Gasteiger partial charge < -0.3 is 10.4 Å². The molecule has 0 fully saturated rings. The van der Waals surface area contributed by atoms with Crippen molar-refractivity contribution < 1.29 is 19.1 Å². The van der Waals surface area contributed by atoms with Gasteiger partial charge in [0.25, 0.3) is 0 Å². The summed E-state index contributed by atoms with van der Waals surface area (Å²) in [6, 6.07) is 5.31. The van der Waals surface area contributed by atoms with E-state index in [0.717, 1.165) is 5.56 Å². The molecule has 21 heavy (non-hydrogen) atoms. The average molecular weight is 295 g/mol.